The van der Waals surface area contributed by atoms with Crippen molar-refractivity contribution in [3.63, 3.8) is 0 Å². The summed E-state index contributed by atoms with van der Waals surface area (Å²) in [6, 6.07) is 4.14. The summed E-state index contributed by atoms with van der Waals surface area (Å²) in [5.74, 6) is 0.807. The van der Waals surface area contributed by atoms with Crippen LogP contribution in [0.25, 0.3) is 0 Å². The molecule has 0 radical (unpaired) electrons. The predicted molar refractivity (Wildman–Crippen MR) is 106 cm³/mol. The van der Waals surface area contributed by atoms with Crippen LogP contribution in [-0.2, 0) is 11.3 Å². The van der Waals surface area contributed by atoms with Gasteiger partial charge in [0.05, 0.1) is 37.4 Å². The van der Waals surface area contributed by atoms with Gasteiger partial charge in [-0.3, -0.25) is 10.1 Å². The Labute approximate surface area is 157 Å². The van der Waals surface area contributed by atoms with E-state index in [9.17, 15) is 10.1 Å². The van der Waals surface area contributed by atoms with Crippen LogP contribution in [0.4, 0.5) is 5.69 Å². The first-order chi connectivity index (χ1) is 12.3. The van der Waals surface area contributed by atoms with Gasteiger partial charge in [0.15, 0.2) is 11.5 Å². The summed E-state index contributed by atoms with van der Waals surface area (Å²) < 4.78 is 18.7. The maximum absolute atomic E-state index is 11.3. The first kappa shape index (κ1) is 22.4. The highest BCUT2D eigenvalue weighted by Gasteiger charge is 2.26. The molecule has 26 heavy (non-hydrogen) atoms. The van der Waals surface area contributed by atoms with Crippen molar-refractivity contribution in [1.29, 1.82) is 0 Å². The van der Waals surface area contributed by atoms with Gasteiger partial charge in [0, 0.05) is 6.61 Å². The Hall–Kier alpha value is -1.64. The molecule has 0 spiro atoms. The van der Waals surface area contributed by atoms with Crippen LogP contribution < -0.4 is 9.47 Å². The highest BCUT2D eigenvalue weighted by Crippen LogP contribution is 2.34. The molecule has 0 aliphatic heterocycles. The highest BCUT2D eigenvalue weighted by molar-refractivity contribution is 6.74. The molecule has 1 rings (SSSR count). The summed E-state index contributed by atoms with van der Waals surface area (Å²) in [5.41, 5.74) is 0.480. The summed E-state index contributed by atoms with van der Waals surface area (Å²) in [6.07, 6.45) is 0.955. The van der Waals surface area contributed by atoms with Crippen LogP contribution in [0.5, 0.6) is 11.5 Å². The van der Waals surface area contributed by atoms with Crippen LogP contribution in [0.1, 0.15) is 25.8 Å². The van der Waals surface area contributed by atoms with Gasteiger partial charge >= 0.3 is 0 Å². The normalized spacial score (nSPS) is 11.7. The second kappa shape index (κ2) is 10.5. The molecule has 0 N–H and O–H groups in total. The van der Waals surface area contributed by atoms with Gasteiger partial charge in [-0.2, -0.15) is 0 Å². The number of hydrogen-bond acceptors (Lipinski definition) is 6. The molecule has 0 aromatic heterocycles. The summed E-state index contributed by atoms with van der Waals surface area (Å²) >= 11 is 0. The number of methoxy groups -OCH3 is 2. The Morgan fingerprint density at radius 3 is 2.19 bits per heavy atom. The standard InChI is InChI=1S/C18H32N2O5Si/c1-7-19(8-2)26(5,6)11-9-10-25-14-15-12-17(23-3)18(24-4)13-16(15)20(21)22/h12-13H,7-11,14H2,1-6H3. The average Bonchev–Trinajstić information content (AvgIpc) is 2.61. The second-order valence-electron chi connectivity index (χ2n) is 6.73. The van der Waals surface area contributed by atoms with Crippen molar-refractivity contribution < 1.29 is 19.1 Å². The molecular weight excluding hydrogens is 352 g/mol. The Kier molecular flexibility index (Phi) is 9.04. The number of nitrogens with zero attached hydrogens (tertiary/aromatic N) is 2. The van der Waals surface area contributed by atoms with Crippen LogP contribution in [0.15, 0.2) is 12.1 Å². The smallest absolute Gasteiger partial charge is 0.278 e. The monoisotopic (exact) mass is 384 g/mol. The van der Waals surface area contributed by atoms with Gasteiger partial charge in [-0.15, -0.1) is 0 Å². The Bertz CT molecular complexity index is 591. The van der Waals surface area contributed by atoms with Gasteiger partial charge in [0.1, 0.15) is 8.24 Å². The molecule has 0 heterocycles. The fraction of sp³-hybridized carbons (Fsp3) is 0.667. The van der Waals surface area contributed by atoms with Crippen LogP contribution in [0.3, 0.4) is 0 Å². The van der Waals surface area contributed by atoms with Crippen molar-refractivity contribution in [2.75, 3.05) is 33.9 Å². The van der Waals surface area contributed by atoms with Crippen LogP contribution in [0.2, 0.25) is 19.1 Å². The SMILES string of the molecule is CCN(CC)[Si](C)(C)CCCOCc1cc(OC)c(OC)cc1[N+](=O)[O-]. The molecule has 148 valence electrons. The fourth-order valence-corrected chi connectivity index (χ4v) is 6.26. The average molecular weight is 385 g/mol. The maximum atomic E-state index is 11.3. The highest BCUT2D eigenvalue weighted by atomic mass is 28.3. The largest absolute Gasteiger partial charge is 0.493 e. The lowest BCUT2D eigenvalue weighted by Crippen LogP contribution is -2.48. The second-order valence-corrected chi connectivity index (χ2v) is 11.5. The number of nitro benzene ring substituents is 1. The van der Waals surface area contributed by atoms with E-state index < -0.39 is 13.2 Å². The molecule has 0 aliphatic carbocycles. The van der Waals surface area contributed by atoms with Crippen molar-refractivity contribution in [3.8, 4) is 11.5 Å². The minimum atomic E-state index is -1.41. The predicted octanol–water partition coefficient (Wildman–Crippen LogP) is 4.07. The van der Waals surface area contributed by atoms with Crippen molar-refractivity contribution in [1.82, 2.24) is 4.57 Å². The number of nitro groups is 1. The van der Waals surface area contributed by atoms with Crippen molar-refractivity contribution >= 4 is 13.9 Å². The van der Waals surface area contributed by atoms with Crippen LogP contribution >= 0.6 is 0 Å². The van der Waals surface area contributed by atoms with Gasteiger partial charge in [-0.1, -0.05) is 26.9 Å². The van der Waals surface area contributed by atoms with E-state index in [1.807, 2.05) is 0 Å². The molecule has 0 saturated heterocycles. The molecular formula is C18H32N2O5Si. The quantitative estimate of drug-likeness (QED) is 0.234. The summed E-state index contributed by atoms with van der Waals surface area (Å²) in [4.78, 5) is 10.9. The molecule has 0 atom stereocenters. The number of benzene rings is 1. The summed E-state index contributed by atoms with van der Waals surface area (Å²) in [5, 5.41) is 11.3. The zero-order valence-electron chi connectivity index (χ0n) is 16.8. The molecule has 0 unspecified atom stereocenters. The lowest BCUT2D eigenvalue weighted by molar-refractivity contribution is -0.386. The summed E-state index contributed by atoms with van der Waals surface area (Å²) in [6.45, 7) is 12.1. The first-order valence-corrected chi connectivity index (χ1v) is 12.2. The van der Waals surface area contributed by atoms with E-state index in [1.165, 1.54) is 20.3 Å². The molecule has 0 fully saturated rings. The van der Waals surface area contributed by atoms with E-state index in [0.717, 1.165) is 25.6 Å². The third-order valence-electron chi connectivity index (χ3n) is 4.74. The molecule has 8 heteroatoms. The first-order valence-electron chi connectivity index (χ1n) is 9.02. The third-order valence-corrected chi connectivity index (χ3v) is 8.66. The maximum Gasteiger partial charge on any atom is 0.278 e. The lowest BCUT2D eigenvalue weighted by atomic mass is 10.1. The van der Waals surface area contributed by atoms with Crippen LogP contribution in [-0.4, -0.2) is 51.6 Å². The van der Waals surface area contributed by atoms with E-state index >= 15 is 0 Å². The lowest BCUT2D eigenvalue weighted by Gasteiger charge is -2.35. The van der Waals surface area contributed by atoms with Crippen molar-refractivity contribution in [2.24, 2.45) is 0 Å². The Morgan fingerprint density at radius 2 is 1.69 bits per heavy atom. The molecule has 0 saturated carbocycles. The van der Waals surface area contributed by atoms with Crippen LogP contribution in [0, 0.1) is 10.1 Å². The fourth-order valence-electron chi connectivity index (χ4n) is 3.22. The summed E-state index contributed by atoms with van der Waals surface area (Å²) in [7, 11) is 1.56. The van der Waals surface area contributed by atoms with Gasteiger partial charge in [0.2, 0.25) is 0 Å². The van der Waals surface area contributed by atoms with Gasteiger partial charge in [0.25, 0.3) is 5.69 Å². The van der Waals surface area contributed by atoms with E-state index in [4.69, 9.17) is 14.2 Å². The number of hydrogen-bond donors (Lipinski definition) is 0. The minimum absolute atomic E-state index is 0.0134. The molecule has 1 aromatic carbocycles. The van der Waals surface area contributed by atoms with Gasteiger partial charge < -0.3 is 18.8 Å². The number of ether oxygens (including phenoxy) is 3. The van der Waals surface area contributed by atoms with Gasteiger partial charge in [-0.25, -0.2) is 0 Å². The van der Waals surface area contributed by atoms with E-state index in [-0.39, 0.29) is 12.3 Å². The van der Waals surface area contributed by atoms with Gasteiger partial charge in [-0.05, 0) is 31.6 Å². The molecule has 1 aromatic rings. The van der Waals surface area contributed by atoms with E-state index in [1.54, 1.807) is 6.07 Å². The van der Waals surface area contributed by atoms with E-state index in [2.05, 4.69) is 31.5 Å². The zero-order valence-corrected chi connectivity index (χ0v) is 17.8. The topological polar surface area (TPSA) is 74.1 Å². The number of rotatable bonds is 12. The minimum Gasteiger partial charge on any atom is -0.493 e. The van der Waals surface area contributed by atoms with Crippen molar-refractivity contribution in [2.45, 2.75) is 46.0 Å². The molecule has 7 nitrogen and oxygen atoms in total. The zero-order chi connectivity index (χ0) is 19.7. The Morgan fingerprint density at radius 1 is 1.12 bits per heavy atom. The molecule has 0 aliphatic rings. The Balaban J connectivity index is 2.66. The van der Waals surface area contributed by atoms with E-state index in [0.29, 0.717) is 23.7 Å². The third kappa shape index (κ3) is 5.96. The van der Waals surface area contributed by atoms with Crippen molar-refractivity contribution in [3.05, 3.63) is 27.8 Å². The molecule has 0 amide bonds. The molecule has 0 bridgehead atoms.